The first-order valence-electron chi connectivity index (χ1n) is 10.8. The minimum absolute atomic E-state index is 0.0664. The van der Waals surface area contributed by atoms with Crippen LogP contribution in [0.15, 0.2) is 11.6 Å². The largest absolute Gasteiger partial charge is 0.465 e. The van der Waals surface area contributed by atoms with Gasteiger partial charge in [-0.05, 0) is 87.0 Å². The molecule has 0 amide bonds. The number of carbonyl (C=O) groups is 2. The second-order valence-electron chi connectivity index (χ2n) is 9.95. The van der Waals surface area contributed by atoms with E-state index in [1.54, 1.807) is 0 Å². The van der Waals surface area contributed by atoms with Gasteiger partial charge in [0.25, 0.3) is 0 Å². The molecule has 0 spiro atoms. The molecular weight excluding hydrogens is 340 g/mol. The van der Waals surface area contributed by atoms with E-state index in [-0.39, 0.29) is 28.8 Å². The SMILES string of the molecule is CC(=O)OCC12CCC3C(CCC4=CC(=O)CCC43C)C1CCC2[C@@H](C)O. The second kappa shape index (κ2) is 6.72. The number of fused-ring (bicyclic) bond motifs is 5. The van der Waals surface area contributed by atoms with Crippen molar-refractivity contribution in [3.8, 4) is 0 Å². The van der Waals surface area contributed by atoms with Crippen molar-refractivity contribution < 1.29 is 19.4 Å². The lowest BCUT2D eigenvalue weighted by atomic mass is 9.46. The summed E-state index contributed by atoms with van der Waals surface area (Å²) >= 11 is 0. The Balaban J connectivity index is 1.66. The standard InChI is InChI=1S/C23H34O4/c1-14(24)19-6-7-21-18-5-4-16-12-17(26)8-10-22(16,3)20(18)9-11-23(19,21)13-27-15(2)25/h12,14,18-21,24H,4-11,13H2,1-3H3/t14-,18?,19?,20?,21?,22?,23?/m1/s1. The molecule has 0 radical (unpaired) electrons. The molecule has 4 aliphatic carbocycles. The summed E-state index contributed by atoms with van der Waals surface area (Å²) < 4.78 is 5.59. The molecule has 0 saturated heterocycles. The zero-order chi connectivity index (χ0) is 19.4. The Kier molecular flexibility index (Phi) is 4.77. The Labute approximate surface area is 162 Å². The summed E-state index contributed by atoms with van der Waals surface area (Å²) in [5, 5.41) is 10.5. The van der Waals surface area contributed by atoms with Crippen molar-refractivity contribution in [2.24, 2.45) is 34.5 Å². The molecule has 4 rings (SSSR count). The number of hydrogen-bond acceptors (Lipinski definition) is 4. The van der Waals surface area contributed by atoms with Crippen molar-refractivity contribution >= 4 is 11.8 Å². The fraction of sp³-hybridized carbons (Fsp3) is 0.826. The summed E-state index contributed by atoms with van der Waals surface area (Å²) in [6.07, 6.45) is 9.74. The maximum atomic E-state index is 12.0. The first-order valence-corrected chi connectivity index (χ1v) is 10.8. The maximum absolute atomic E-state index is 12.0. The first kappa shape index (κ1) is 19.2. The van der Waals surface area contributed by atoms with Gasteiger partial charge in [0.15, 0.2) is 5.78 Å². The molecular formula is C23H34O4. The predicted octanol–water partition coefficient (Wildman–Crippen LogP) is 4.06. The van der Waals surface area contributed by atoms with Crippen molar-refractivity contribution in [1.29, 1.82) is 0 Å². The van der Waals surface area contributed by atoms with E-state index >= 15 is 0 Å². The van der Waals surface area contributed by atoms with Gasteiger partial charge in [0.1, 0.15) is 0 Å². The van der Waals surface area contributed by atoms with Gasteiger partial charge >= 0.3 is 5.97 Å². The van der Waals surface area contributed by atoms with Crippen LogP contribution in [0.4, 0.5) is 0 Å². The minimum Gasteiger partial charge on any atom is -0.465 e. The van der Waals surface area contributed by atoms with E-state index in [2.05, 4.69) is 6.92 Å². The highest BCUT2D eigenvalue weighted by atomic mass is 16.5. The highest BCUT2D eigenvalue weighted by molar-refractivity contribution is 5.91. The molecule has 0 heterocycles. The lowest BCUT2D eigenvalue weighted by Crippen LogP contribution is -2.54. The van der Waals surface area contributed by atoms with E-state index in [9.17, 15) is 14.7 Å². The van der Waals surface area contributed by atoms with E-state index in [0.717, 1.165) is 44.9 Å². The van der Waals surface area contributed by atoms with Crippen LogP contribution in [0.2, 0.25) is 0 Å². The zero-order valence-corrected chi connectivity index (χ0v) is 17.0. The molecule has 0 bridgehead atoms. The first-order chi connectivity index (χ1) is 12.8. The molecule has 3 fully saturated rings. The number of carbonyl (C=O) groups excluding carboxylic acids is 2. The molecule has 6 unspecified atom stereocenters. The number of aliphatic hydroxyl groups excluding tert-OH is 1. The van der Waals surface area contributed by atoms with Gasteiger partial charge in [0.05, 0.1) is 12.7 Å². The molecule has 3 saturated carbocycles. The van der Waals surface area contributed by atoms with Gasteiger partial charge in [-0.2, -0.15) is 0 Å². The van der Waals surface area contributed by atoms with Gasteiger partial charge in [-0.1, -0.05) is 12.5 Å². The Morgan fingerprint density at radius 2 is 2.00 bits per heavy atom. The molecule has 150 valence electrons. The van der Waals surface area contributed by atoms with E-state index in [1.165, 1.54) is 12.5 Å². The van der Waals surface area contributed by atoms with Crippen molar-refractivity contribution in [2.75, 3.05) is 6.61 Å². The van der Waals surface area contributed by atoms with E-state index < -0.39 is 0 Å². The van der Waals surface area contributed by atoms with Gasteiger partial charge in [-0.25, -0.2) is 0 Å². The molecule has 0 aromatic heterocycles. The van der Waals surface area contributed by atoms with Gasteiger partial charge in [-0.3, -0.25) is 9.59 Å². The Hall–Kier alpha value is -1.16. The highest BCUT2D eigenvalue weighted by Crippen LogP contribution is 2.67. The van der Waals surface area contributed by atoms with Crippen LogP contribution >= 0.6 is 0 Å². The molecule has 0 aromatic rings. The predicted molar refractivity (Wildman–Crippen MR) is 103 cm³/mol. The van der Waals surface area contributed by atoms with Crippen LogP contribution in [0, 0.1) is 34.5 Å². The number of aliphatic hydroxyl groups is 1. The topological polar surface area (TPSA) is 63.6 Å². The summed E-state index contributed by atoms with van der Waals surface area (Å²) in [6.45, 7) is 6.25. The fourth-order valence-electron chi connectivity index (χ4n) is 7.65. The van der Waals surface area contributed by atoms with Crippen LogP contribution in [0.5, 0.6) is 0 Å². The summed E-state index contributed by atoms with van der Waals surface area (Å²) in [4.78, 5) is 23.5. The Morgan fingerprint density at radius 3 is 2.70 bits per heavy atom. The van der Waals surface area contributed by atoms with Gasteiger partial charge in [0.2, 0.25) is 0 Å². The summed E-state index contributed by atoms with van der Waals surface area (Å²) in [6, 6.07) is 0. The van der Waals surface area contributed by atoms with Crippen molar-refractivity contribution in [3.63, 3.8) is 0 Å². The number of ketones is 1. The molecule has 4 aliphatic rings. The number of hydrogen-bond donors (Lipinski definition) is 1. The average Bonchev–Trinajstić information content (AvgIpc) is 3.00. The van der Waals surface area contributed by atoms with E-state index in [0.29, 0.717) is 36.6 Å². The molecule has 0 aliphatic heterocycles. The molecule has 4 heteroatoms. The lowest BCUT2D eigenvalue weighted by molar-refractivity contribution is -0.156. The highest BCUT2D eigenvalue weighted by Gasteiger charge is 2.61. The third kappa shape index (κ3) is 2.90. The van der Waals surface area contributed by atoms with Crippen molar-refractivity contribution in [3.05, 3.63) is 11.6 Å². The molecule has 1 N–H and O–H groups in total. The fourth-order valence-corrected chi connectivity index (χ4v) is 7.65. The van der Waals surface area contributed by atoms with Crippen LogP contribution in [-0.4, -0.2) is 29.6 Å². The van der Waals surface area contributed by atoms with E-state index in [4.69, 9.17) is 4.74 Å². The van der Waals surface area contributed by atoms with Gasteiger partial charge < -0.3 is 9.84 Å². The van der Waals surface area contributed by atoms with Crippen molar-refractivity contribution in [1.82, 2.24) is 0 Å². The quantitative estimate of drug-likeness (QED) is 0.757. The lowest BCUT2D eigenvalue weighted by Gasteiger charge is -2.58. The number of ether oxygens (including phenoxy) is 1. The maximum Gasteiger partial charge on any atom is 0.302 e. The minimum atomic E-state index is -0.357. The van der Waals surface area contributed by atoms with Gasteiger partial charge in [0, 0.05) is 18.8 Å². The molecule has 27 heavy (non-hydrogen) atoms. The van der Waals surface area contributed by atoms with Crippen LogP contribution < -0.4 is 0 Å². The van der Waals surface area contributed by atoms with Crippen LogP contribution in [0.1, 0.15) is 72.1 Å². The third-order valence-corrected chi connectivity index (χ3v) is 8.87. The normalized spacial score (nSPS) is 44.6. The third-order valence-electron chi connectivity index (χ3n) is 8.87. The van der Waals surface area contributed by atoms with Crippen LogP contribution in [0.3, 0.4) is 0 Å². The summed E-state index contributed by atoms with van der Waals surface area (Å²) in [5.41, 5.74) is 1.48. The molecule has 7 atom stereocenters. The van der Waals surface area contributed by atoms with Crippen LogP contribution in [0.25, 0.3) is 0 Å². The number of rotatable bonds is 3. The number of allylic oxidation sites excluding steroid dienone is 1. The Morgan fingerprint density at radius 1 is 1.22 bits per heavy atom. The number of esters is 1. The van der Waals surface area contributed by atoms with Crippen LogP contribution in [-0.2, 0) is 14.3 Å². The summed E-state index contributed by atoms with van der Waals surface area (Å²) in [7, 11) is 0. The monoisotopic (exact) mass is 374 g/mol. The smallest absolute Gasteiger partial charge is 0.302 e. The van der Waals surface area contributed by atoms with Gasteiger partial charge in [-0.15, -0.1) is 0 Å². The summed E-state index contributed by atoms with van der Waals surface area (Å²) in [5.74, 6) is 2.07. The second-order valence-corrected chi connectivity index (χ2v) is 9.95. The van der Waals surface area contributed by atoms with E-state index in [1.807, 2.05) is 13.0 Å². The average molecular weight is 375 g/mol. The van der Waals surface area contributed by atoms with Crippen molar-refractivity contribution in [2.45, 2.75) is 78.2 Å². The molecule has 0 aromatic carbocycles. The molecule has 4 nitrogen and oxygen atoms in total. The zero-order valence-electron chi connectivity index (χ0n) is 17.0. The Bertz CT molecular complexity index is 665.